The number of ether oxygens (including phenoxy) is 2. The summed E-state index contributed by atoms with van der Waals surface area (Å²) in [6.45, 7) is 2.41. The van der Waals surface area contributed by atoms with Gasteiger partial charge in [0.15, 0.2) is 11.5 Å². The average Bonchev–Trinajstić information content (AvgIpc) is 2.38. The summed E-state index contributed by atoms with van der Waals surface area (Å²) in [6.07, 6.45) is 2.47. The topological polar surface area (TPSA) is 30.5 Å². The summed E-state index contributed by atoms with van der Waals surface area (Å²) in [4.78, 5) is 1.26. The van der Waals surface area contributed by atoms with E-state index in [4.69, 9.17) is 9.47 Å². The smallest absolute Gasteiger partial charge is 0.162 e. The maximum atomic E-state index is 5.56. The highest BCUT2D eigenvalue weighted by molar-refractivity contribution is 7.99. The van der Waals surface area contributed by atoms with Gasteiger partial charge in [0.2, 0.25) is 0 Å². The van der Waals surface area contributed by atoms with Gasteiger partial charge < -0.3 is 14.8 Å². The van der Waals surface area contributed by atoms with Crippen molar-refractivity contribution in [3.63, 3.8) is 0 Å². The predicted octanol–water partition coefficient (Wildman–Crippen LogP) is 2.55. The summed E-state index contributed by atoms with van der Waals surface area (Å²) >= 11 is 1.88. The molecule has 0 saturated heterocycles. The van der Waals surface area contributed by atoms with Crippen LogP contribution in [0.5, 0.6) is 11.5 Å². The van der Waals surface area contributed by atoms with Crippen molar-refractivity contribution in [2.24, 2.45) is 0 Å². The molecule has 0 fully saturated rings. The summed E-state index contributed by atoms with van der Waals surface area (Å²) in [7, 11) is 1.99. The van der Waals surface area contributed by atoms with Crippen molar-refractivity contribution in [2.45, 2.75) is 17.7 Å². The van der Waals surface area contributed by atoms with Crippen LogP contribution in [0.3, 0.4) is 0 Å². The lowest BCUT2D eigenvalue weighted by Crippen LogP contribution is -2.15. The number of rotatable bonds is 6. The molecular weight excluding hydrogens is 234 g/mol. The Bertz CT molecular complexity index is 357. The largest absolute Gasteiger partial charge is 0.486 e. The monoisotopic (exact) mass is 253 g/mol. The number of fused-ring (bicyclic) bond motifs is 1. The van der Waals surface area contributed by atoms with E-state index in [9.17, 15) is 0 Å². The van der Waals surface area contributed by atoms with Crippen LogP contribution >= 0.6 is 11.8 Å². The van der Waals surface area contributed by atoms with Crippen LogP contribution in [0.25, 0.3) is 0 Å². The number of nitrogens with one attached hydrogen (secondary N) is 1. The molecule has 1 aliphatic heterocycles. The molecule has 0 aromatic heterocycles. The third-order valence-corrected chi connectivity index (χ3v) is 3.68. The lowest BCUT2D eigenvalue weighted by molar-refractivity contribution is 0.171. The molecule has 0 atom stereocenters. The van der Waals surface area contributed by atoms with Crippen LogP contribution in [0.2, 0.25) is 0 Å². The van der Waals surface area contributed by atoms with Gasteiger partial charge in [0, 0.05) is 4.90 Å². The summed E-state index contributed by atoms with van der Waals surface area (Å²) in [5.74, 6) is 2.91. The Morgan fingerprint density at radius 3 is 2.82 bits per heavy atom. The van der Waals surface area contributed by atoms with Gasteiger partial charge in [0.25, 0.3) is 0 Å². The minimum atomic E-state index is 0.656. The summed E-state index contributed by atoms with van der Waals surface area (Å²) in [5, 5.41) is 3.16. The maximum absolute atomic E-state index is 5.56. The first kappa shape index (κ1) is 12.6. The van der Waals surface area contributed by atoms with Crippen molar-refractivity contribution < 1.29 is 9.47 Å². The van der Waals surface area contributed by atoms with E-state index in [1.165, 1.54) is 17.7 Å². The fourth-order valence-corrected chi connectivity index (χ4v) is 2.65. The normalized spacial score (nSPS) is 13.7. The lowest BCUT2D eigenvalue weighted by Gasteiger charge is -2.18. The molecular formula is C13H19NO2S. The van der Waals surface area contributed by atoms with Gasteiger partial charge in [-0.05, 0) is 50.4 Å². The molecule has 1 N–H and O–H groups in total. The number of benzene rings is 1. The zero-order chi connectivity index (χ0) is 11.9. The van der Waals surface area contributed by atoms with Crippen molar-refractivity contribution >= 4 is 11.8 Å². The zero-order valence-corrected chi connectivity index (χ0v) is 11.0. The molecule has 0 bridgehead atoms. The zero-order valence-electron chi connectivity index (χ0n) is 10.2. The van der Waals surface area contributed by atoms with Gasteiger partial charge in [-0.25, -0.2) is 0 Å². The van der Waals surface area contributed by atoms with Gasteiger partial charge in [-0.1, -0.05) is 0 Å². The highest BCUT2D eigenvalue weighted by Gasteiger charge is 2.11. The molecule has 1 aliphatic rings. The second-order valence-corrected chi connectivity index (χ2v) is 5.13. The number of unbranched alkanes of at least 4 members (excludes halogenated alkanes) is 1. The second kappa shape index (κ2) is 6.77. The highest BCUT2D eigenvalue weighted by atomic mass is 32.2. The van der Waals surface area contributed by atoms with Crippen molar-refractivity contribution in [1.29, 1.82) is 0 Å². The van der Waals surface area contributed by atoms with E-state index in [0.717, 1.165) is 23.8 Å². The molecule has 3 nitrogen and oxygen atoms in total. The van der Waals surface area contributed by atoms with E-state index in [2.05, 4.69) is 17.4 Å². The molecule has 1 aromatic rings. The second-order valence-electron chi connectivity index (χ2n) is 3.96. The van der Waals surface area contributed by atoms with Gasteiger partial charge in [-0.3, -0.25) is 0 Å². The fourth-order valence-electron chi connectivity index (χ4n) is 1.71. The van der Waals surface area contributed by atoms with Crippen LogP contribution < -0.4 is 14.8 Å². The van der Waals surface area contributed by atoms with Crippen LogP contribution in [-0.2, 0) is 0 Å². The molecule has 0 amide bonds. The van der Waals surface area contributed by atoms with Crippen LogP contribution in [-0.4, -0.2) is 32.6 Å². The summed E-state index contributed by atoms with van der Waals surface area (Å²) in [6, 6.07) is 6.19. The molecule has 94 valence electrons. The Morgan fingerprint density at radius 2 is 2.00 bits per heavy atom. The van der Waals surface area contributed by atoms with Gasteiger partial charge in [-0.15, -0.1) is 11.8 Å². The van der Waals surface area contributed by atoms with Crippen molar-refractivity contribution in [1.82, 2.24) is 5.32 Å². The SMILES string of the molecule is CNCCCCSc1ccc2c(c1)OCCO2. The Hall–Kier alpha value is -0.870. The molecule has 1 aromatic carbocycles. The number of thioether (sulfide) groups is 1. The van der Waals surface area contributed by atoms with Gasteiger partial charge in [0.1, 0.15) is 13.2 Å². The molecule has 1 heterocycles. The standard InChI is InChI=1S/C13H19NO2S/c1-14-6-2-3-9-17-11-4-5-12-13(10-11)16-8-7-15-12/h4-5,10,14H,2-3,6-9H2,1H3. The first-order valence-corrected chi connectivity index (χ1v) is 7.06. The minimum absolute atomic E-state index is 0.656. The van der Waals surface area contributed by atoms with Gasteiger partial charge in [0.05, 0.1) is 0 Å². The third-order valence-electron chi connectivity index (χ3n) is 2.60. The van der Waals surface area contributed by atoms with E-state index in [-0.39, 0.29) is 0 Å². The summed E-state index contributed by atoms with van der Waals surface area (Å²) in [5.41, 5.74) is 0. The van der Waals surface area contributed by atoms with E-state index in [0.29, 0.717) is 13.2 Å². The molecule has 17 heavy (non-hydrogen) atoms. The van der Waals surface area contributed by atoms with E-state index >= 15 is 0 Å². The lowest BCUT2D eigenvalue weighted by atomic mass is 10.3. The van der Waals surface area contributed by atoms with Gasteiger partial charge in [-0.2, -0.15) is 0 Å². The number of hydrogen-bond acceptors (Lipinski definition) is 4. The average molecular weight is 253 g/mol. The van der Waals surface area contributed by atoms with Crippen LogP contribution in [0, 0.1) is 0 Å². The van der Waals surface area contributed by atoms with E-state index < -0.39 is 0 Å². The summed E-state index contributed by atoms with van der Waals surface area (Å²) < 4.78 is 11.1. The Kier molecular flexibility index (Phi) is 5.01. The molecule has 0 radical (unpaired) electrons. The van der Waals surface area contributed by atoms with Crippen LogP contribution in [0.1, 0.15) is 12.8 Å². The van der Waals surface area contributed by atoms with Crippen LogP contribution in [0.15, 0.2) is 23.1 Å². The quantitative estimate of drug-likeness (QED) is 0.623. The number of hydrogen-bond donors (Lipinski definition) is 1. The maximum Gasteiger partial charge on any atom is 0.162 e. The Labute approximate surface area is 107 Å². The van der Waals surface area contributed by atoms with Crippen molar-refractivity contribution in [3.05, 3.63) is 18.2 Å². The molecule has 0 saturated carbocycles. The molecule has 4 heteroatoms. The Morgan fingerprint density at radius 1 is 1.18 bits per heavy atom. The fraction of sp³-hybridized carbons (Fsp3) is 0.538. The minimum Gasteiger partial charge on any atom is -0.486 e. The highest BCUT2D eigenvalue weighted by Crippen LogP contribution is 2.34. The van der Waals surface area contributed by atoms with Crippen molar-refractivity contribution in [3.8, 4) is 11.5 Å². The molecule has 2 rings (SSSR count). The molecule has 0 spiro atoms. The molecule has 0 unspecified atom stereocenters. The van der Waals surface area contributed by atoms with Gasteiger partial charge >= 0.3 is 0 Å². The van der Waals surface area contributed by atoms with Crippen LogP contribution in [0.4, 0.5) is 0 Å². The molecule has 0 aliphatic carbocycles. The third kappa shape index (κ3) is 3.82. The van der Waals surface area contributed by atoms with Crippen molar-refractivity contribution in [2.75, 3.05) is 32.6 Å². The first-order chi connectivity index (χ1) is 8.40. The van der Waals surface area contributed by atoms with E-state index in [1.54, 1.807) is 0 Å². The predicted molar refractivity (Wildman–Crippen MR) is 71.3 cm³/mol. The van der Waals surface area contributed by atoms with E-state index in [1.807, 2.05) is 24.9 Å². The Balaban J connectivity index is 1.81. The first-order valence-electron chi connectivity index (χ1n) is 6.07.